The highest BCUT2D eigenvalue weighted by atomic mass is 79.9. The van der Waals surface area contributed by atoms with E-state index in [9.17, 15) is 4.79 Å². The van der Waals surface area contributed by atoms with Crippen molar-refractivity contribution in [1.29, 1.82) is 0 Å². The van der Waals surface area contributed by atoms with Crippen molar-refractivity contribution < 1.29 is 9.53 Å². The Bertz CT molecular complexity index is 765. The lowest BCUT2D eigenvalue weighted by molar-refractivity contribution is -0.121. The van der Waals surface area contributed by atoms with E-state index in [-0.39, 0.29) is 12.0 Å². The van der Waals surface area contributed by atoms with Crippen LogP contribution in [0.4, 0.5) is 5.69 Å². The van der Waals surface area contributed by atoms with E-state index in [1.807, 2.05) is 55.1 Å². The van der Waals surface area contributed by atoms with Crippen LogP contribution in [-0.2, 0) is 9.53 Å². The fourth-order valence-corrected chi connectivity index (χ4v) is 3.80. The highest BCUT2D eigenvalue weighted by Crippen LogP contribution is 2.25. The van der Waals surface area contributed by atoms with Crippen molar-refractivity contribution in [3.8, 4) is 0 Å². The quantitative estimate of drug-likeness (QED) is 0.732. The molecular weight excluding hydrogens is 392 g/mol. The second kappa shape index (κ2) is 8.80. The SMILES string of the molecule is CCN(C(=O)CN1CCOC(c2cccc(Br)c2)C1)c1ccccc1C. The standard InChI is InChI=1S/C21H25BrN2O2/c1-3-24(19-10-5-4-7-16(19)2)21(25)15-23-11-12-26-20(14-23)17-8-6-9-18(22)13-17/h4-10,13,20H,3,11-12,14-15H2,1-2H3. The first-order valence-corrected chi connectivity index (χ1v) is 9.83. The Labute approximate surface area is 163 Å². The summed E-state index contributed by atoms with van der Waals surface area (Å²) in [4.78, 5) is 17.0. The number of amides is 1. The van der Waals surface area contributed by atoms with Crippen LogP contribution in [-0.4, -0.2) is 43.6 Å². The molecule has 1 fully saturated rings. The maximum atomic E-state index is 12.9. The van der Waals surface area contributed by atoms with Crippen LogP contribution in [0.15, 0.2) is 53.0 Å². The molecule has 0 saturated carbocycles. The van der Waals surface area contributed by atoms with Crippen LogP contribution in [0.5, 0.6) is 0 Å². The average molecular weight is 417 g/mol. The number of ether oxygens (including phenoxy) is 1. The summed E-state index contributed by atoms with van der Waals surface area (Å²) in [6.07, 6.45) is 0.00240. The molecule has 0 aromatic heterocycles. The molecule has 2 aromatic carbocycles. The Morgan fingerprint density at radius 2 is 2.08 bits per heavy atom. The minimum absolute atomic E-state index is 0.00240. The number of hydrogen-bond donors (Lipinski definition) is 0. The maximum Gasteiger partial charge on any atom is 0.241 e. The van der Waals surface area contributed by atoms with Crippen molar-refractivity contribution >= 4 is 27.5 Å². The molecule has 0 N–H and O–H groups in total. The zero-order valence-electron chi connectivity index (χ0n) is 15.3. The van der Waals surface area contributed by atoms with Crippen molar-refractivity contribution in [2.45, 2.75) is 20.0 Å². The Morgan fingerprint density at radius 1 is 1.27 bits per heavy atom. The lowest BCUT2D eigenvalue weighted by Gasteiger charge is -2.34. The van der Waals surface area contributed by atoms with E-state index >= 15 is 0 Å². The van der Waals surface area contributed by atoms with Gasteiger partial charge in [0.2, 0.25) is 5.91 Å². The topological polar surface area (TPSA) is 32.8 Å². The number of morpholine rings is 1. The van der Waals surface area contributed by atoms with Gasteiger partial charge in [0.05, 0.1) is 19.3 Å². The molecule has 2 aromatic rings. The average Bonchev–Trinajstić information content (AvgIpc) is 2.64. The number of nitrogens with zero attached hydrogens (tertiary/aromatic N) is 2. The minimum Gasteiger partial charge on any atom is -0.371 e. The molecule has 1 unspecified atom stereocenters. The predicted molar refractivity (Wildman–Crippen MR) is 108 cm³/mol. The Hall–Kier alpha value is -1.69. The summed E-state index contributed by atoms with van der Waals surface area (Å²) in [5, 5.41) is 0. The summed E-state index contributed by atoms with van der Waals surface area (Å²) in [5.74, 6) is 0.136. The van der Waals surface area contributed by atoms with Crippen LogP contribution in [0.3, 0.4) is 0 Å². The van der Waals surface area contributed by atoms with Crippen LogP contribution in [0, 0.1) is 6.92 Å². The summed E-state index contributed by atoms with van der Waals surface area (Å²) in [7, 11) is 0. The Kier molecular flexibility index (Phi) is 6.46. The molecule has 1 saturated heterocycles. The molecular formula is C21H25BrN2O2. The second-order valence-corrected chi connectivity index (χ2v) is 7.49. The van der Waals surface area contributed by atoms with Gasteiger partial charge in [-0.2, -0.15) is 0 Å². The first-order valence-electron chi connectivity index (χ1n) is 9.04. The van der Waals surface area contributed by atoms with Gasteiger partial charge >= 0.3 is 0 Å². The number of para-hydroxylation sites is 1. The largest absolute Gasteiger partial charge is 0.371 e. The fraction of sp³-hybridized carbons (Fsp3) is 0.381. The van der Waals surface area contributed by atoms with Crippen LogP contribution in [0.25, 0.3) is 0 Å². The predicted octanol–water partition coefficient (Wildman–Crippen LogP) is 4.18. The molecule has 1 atom stereocenters. The number of likely N-dealkylation sites (N-methyl/N-ethyl adjacent to an activating group) is 1. The number of hydrogen-bond acceptors (Lipinski definition) is 3. The van der Waals surface area contributed by atoms with Gasteiger partial charge in [0, 0.05) is 29.8 Å². The summed E-state index contributed by atoms with van der Waals surface area (Å²) in [5.41, 5.74) is 3.26. The number of carbonyl (C=O) groups excluding carboxylic acids is 1. The number of carbonyl (C=O) groups is 1. The van der Waals surface area contributed by atoms with E-state index in [4.69, 9.17) is 4.74 Å². The van der Waals surface area contributed by atoms with Gasteiger partial charge in [-0.1, -0.05) is 46.3 Å². The second-order valence-electron chi connectivity index (χ2n) is 6.57. The molecule has 1 amide bonds. The van der Waals surface area contributed by atoms with Crippen molar-refractivity contribution in [2.75, 3.05) is 37.7 Å². The number of aryl methyl sites for hydroxylation is 1. The molecule has 0 bridgehead atoms. The Morgan fingerprint density at radius 3 is 2.81 bits per heavy atom. The maximum absolute atomic E-state index is 12.9. The molecule has 1 heterocycles. The lowest BCUT2D eigenvalue weighted by atomic mass is 10.1. The molecule has 0 radical (unpaired) electrons. The number of anilines is 1. The molecule has 0 spiro atoms. The van der Waals surface area contributed by atoms with Crippen LogP contribution in [0.2, 0.25) is 0 Å². The van der Waals surface area contributed by atoms with Gasteiger partial charge in [-0.25, -0.2) is 0 Å². The molecule has 3 rings (SSSR count). The minimum atomic E-state index is 0.00240. The third-order valence-electron chi connectivity index (χ3n) is 4.75. The number of rotatable bonds is 5. The van der Waals surface area contributed by atoms with Crippen LogP contribution < -0.4 is 4.90 Å². The normalized spacial score (nSPS) is 17.9. The van der Waals surface area contributed by atoms with Gasteiger partial charge < -0.3 is 9.64 Å². The summed E-state index contributed by atoms with van der Waals surface area (Å²) in [6.45, 7) is 7.30. The van der Waals surface area contributed by atoms with Gasteiger partial charge in [0.1, 0.15) is 0 Å². The molecule has 0 aliphatic carbocycles. The van der Waals surface area contributed by atoms with Gasteiger partial charge in [-0.15, -0.1) is 0 Å². The van der Waals surface area contributed by atoms with Crippen molar-refractivity contribution in [3.05, 3.63) is 64.1 Å². The molecule has 138 valence electrons. The van der Waals surface area contributed by atoms with E-state index in [0.717, 1.165) is 34.4 Å². The monoisotopic (exact) mass is 416 g/mol. The molecule has 4 nitrogen and oxygen atoms in total. The van der Waals surface area contributed by atoms with Crippen LogP contribution >= 0.6 is 15.9 Å². The van der Waals surface area contributed by atoms with Crippen LogP contribution in [0.1, 0.15) is 24.2 Å². The third-order valence-corrected chi connectivity index (χ3v) is 5.25. The zero-order chi connectivity index (χ0) is 18.5. The smallest absolute Gasteiger partial charge is 0.241 e. The van der Waals surface area contributed by atoms with E-state index in [1.165, 1.54) is 0 Å². The lowest BCUT2D eigenvalue weighted by Crippen LogP contribution is -2.45. The fourth-order valence-electron chi connectivity index (χ4n) is 3.38. The van der Waals surface area contributed by atoms with Crippen molar-refractivity contribution in [2.24, 2.45) is 0 Å². The first-order chi connectivity index (χ1) is 12.6. The van der Waals surface area contributed by atoms with E-state index in [1.54, 1.807) is 0 Å². The van der Waals surface area contributed by atoms with Gasteiger partial charge in [0.25, 0.3) is 0 Å². The van der Waals surface area contributed by atoms with E-state index in [2.05, 4.69) is 33.0 Å². The first kappa shape index (κ1) is 19.1. The molecule has 26 heavy (non-hydrogen) atoms. The summed E-state index contributed by atoms with van der Waals surface area (Å²) < 4.78 is 6.98. The number of halogens is 1. The van der Waals surface area contributed by atoms with Crippen molar-refractivity contribution in [1.82, 2.24) is 4.90 Å². The van der Waals surface area contributed by atoms with Gasteiger partial charge in [0.15, 0.2) is 0 Å². The van der Waals surface area contributed by atoms with E-state index in [0.29, 0.717) is 19.7 Å². The van der Waals surface area contributed by atoms with Gasteiger partial charge in [-0.05, 0) is 43.2 Å². The van der Waals surface area contributed by atoms with E-state index < -0.39 is 0 Å². The highest BCUT2D eigenvalue weighted by Gasteiger charge is 2.25. The highest BCUT2D eigenvalue weighted by molar-refractivity contribution is 9.10. The third kappa shape index (κ3) is 4.53. The summed E-state index contributed by atoms with van der Waals surface area (Å²) >= 11 is 3.52. The molecule has 1 aliphatic rings. The zero-order valence-corrected chi connectivity index (χ0v) is 16.9. The van der Waals surface area contributed by atoms with Crippen molar-refractivity contribution in [3.63, 3.8) is 0 Å². The Balaban J connectivity index is 1.67. The summed E-state index contributed by atoms with van der Waals surface area (Å²) in [6, 6.07) is 16.2. The number of benzene rings is 2. The molecule has 5 heteroatoms. The molecule has 1 aliphatic heterocycles. The van der Waals surface area contributed by atoms with Gasteiger partial charge in [-0.3, -0.25) is 9.69 Å².